The Balaban J connectivity index is 2.78. The first-order valence-electron chi connectivity index (χ1n) is 5.78. The molecule has 0 aliphatic carbocycles. The quantitative estimate of drug-likeness (QED) is 0.617. The van der Waals surface area contributed by atoms with Gasteiger partial charge >= 0.3 is 12.1 Å². The van der Waals surface area contributed by atoms with Crippen LogP contribution in [0.2, 0.25) is 0 Å². The second-order valence-electron chi connectivity index (χ2n) is 4.04. The van der Waals surface area contributed by atoms with Crippen molar-refractivity contribution in [1.29, 1.82) is 0 Å². The molecule has 1 aromatic rings. The van der Waals surface area contributed by atoms with Crippen molar-refractivity contribution in [3.8, 4) is 0 Å². The summed E-state index contributed by atoms with van der Waals surface area (Å²) in [5.74, 6) is -1.25. The van der Waals surface area contributed by atoms with E-state index in [1.54, 1.807) is 6.07 Å². The number of halogens is 3. The van der Waals surface area contributed by atoms with Gasteiger partial charge in [0.05, 0.1) is 5.57 Å². The fourth-order valence-corrected chi connectivity index (χ4v) is 1.49. The Morgan fingerprint density at radius 2 is 1.80 bits per heavy atom. The number of Topliss-reactive ketones (excluding diaryl/α,β-unsaturated/α-hetero) is 1. The molecule has 0 aliphatic heterocycles. The molecular formula is C14H13F3O3. The lowest BCUT2D eigenvalue weighted by Crippen LogP contribution is -2.13. The first-order chi connectivity index (χ1) is 9.30. The zero-order valence-corrected chi connectivity index (χ0v) is 10.7. The second kappa shape index (κ2) is 6.88. The van der Waals surface area contributed by atoms with Crippen LogP contribution in [0.3, 0.4) is 0 Å². The number of alkyl halides is 3. The SMILES string of the molecule is CC(=O)CC(=O)OC/C=C(\c1ccccc1)C(F)(F)F. The van der Waals surface area contributed by atoms with Crippen molar-refractivity contribution in [2.75, 3.05) is 6.61 Å². The van der Waals surface area contributed by atoms with Crippen LogP contribution in [0.1, 0.15) is 18.9 Å². The highest BCUT2D eigenvalue weighted by Crippen LogP contribution is 2.33. The van der Waals surface area contributed by atoms with Crippen LogP contribution in [0.15, 0.2) is 36.4 Å². The van der Waals surface area contributed by atoms with Gasteiger partial charge in [0.25, 0.3) is 0 Å². The Labute approximate surface area is 114 Å². The summed E-state index contributed by atoms with van der Waals surface area (Å²) in [4.78, 5) is 21.7. The molecule has 20 heavy (non-hydrogen) atoms. The van der Waals surface area contributed by atoms with Crippen LogP contribution in [0.4, 0.5) is 13.2 Å². The van der Waals surface area contributed by atoms with Crippen molar-refractivity contribution < 1.29 is 27.5 Å². The van der Waals surface area contributed by atoms with Gasteiger partial charge in [0.15, 0.2) is 0 Å². The number of hydrogen-bond donors (Lipinski definition) is 0. The molecule has 1 aromatic carbocycles. The van der Waals surface area contributed by atoms with Gasteiger partial charge in [0, 0.05) is 0 Å². The van der Waals surface area contributed by atoms with E-state index in [1.165, 1.54) is 31.2 Å². The molecule has 108 valence electrons. The van der Waals surface area contributed by atoms with E-state index in [2.05, 4.69) is 4.74 Å². The highest BCUT2D eigenvalue weighted by Gasteiger charge is 2.34. The molecule has 0 radical (unpaired) electrons. The molecule has 0 N–H and O–H groups in total. The van der Waals surface area contributed by atoms with Crippen molar-refractivity contribution >= 4 is 17.3 Å². The van der Waals surface area contributed by atoms with Crippen LogP contribution in [-0.2, 0) is 14.3 Å². The molecule has 0 atom stereocenters. The minimum absolute atomic E-state index is 0.0115. The van der Waals surface area contributed by atoms with Crippen molar-refractivity contribution in [3.05, 3.63) is 42.0 Å². The van der Waals surface area contributed by atoms with Gasteiger partial charge in [-0.2, -0.15) is 13.2 Å². The van der Waals surface area contributed by atoms with E-state index in [4.69, 9.17) is 0 Å². The standard InChI is InChI=1S/C14H13F3O3/c1-10(18)9-13(19)20-8-7-12(14(15,16)17)11-5-3-2-4-6-11/h2-7H,8-9H2,1H3/b12-7+. The Hall–Kier alpha value is -2.11. The largest absolute Gasteiger partial charge is 0.461 e. The smallest absolute Gasteiger partial charge is 0.416 e. The molecule has 0 saturated carbocycles. The van der Waals surface area contributed by atoms with Crippen molar-refractivity contribution in [2.24, 2.45) is 0 Å². The van der Waals surface area contributed by atoms with Gasteiger partial charge in [-0.15, -0.1) is 0 Å². The van der Waals surface area contributed by atoms with Crippen LogP contribution >= 0.6 is 0 Å². The third kappa shape index (κ3) is 5.26. The number of hydrogen-bond acceptors (Lipinski definition) is 3. The number of ether oxygens (including phenoxy) is 1. The molecular weight excluding hydrogens is 273 g/mol. The van der Waals surface area contributed by atoms with Gasteiger partial charge in [-0.05, 0) is 18.6 Å². The molecule has 0 aromatic heterocycles. The van der Waals surface area contributed by atoms with E-state index in [0.29, 0.717) is 0 Å². The Morgan fingerprint density at radius 1 is 1.20 bits per heavy atom. The summed E-state index contributed by atoms with van der Waals surface area (Å²) in [5.41, 5.74) is -0.892. The van der Waals surface area contributed by atoms with Gasteiger partial charge in [0.1, 0.15) is 18.8 Å². The lowest BCUT2D eigenvalue weighted by atomic mass is 10.1. The van der Waals surface area contributed by atoms with Crippen molar-refractivity contribution in [2.45, 2.75) is 19.5 Å². The third-order valence-corrected chi connectivity index (χ3v) is 2.32. The summed E-state index contributed by atoms with van der Waals surface area (Å²) in [5, 5.41) is 0. The number of carbonyl (C=O) groups is 2. The van der Waals surface area contributed by atoms with Gasteiger partial charge in [0.2, 0.25) is 0 Å². The summed E-state index contributed by atoms with van der Waals surface area (Å²) in [7, 11) is 0. The molecule has 6 heteroatoms. The minimum atomic E-state index is -4.55. The molecule has 0 amide bonds. The average molecular weight is 286 g/mol. The van der Waals surface area contributed by atoms with E-state index in [-0.39, 0.29) is 5.56 Å². The lowest BCUT2D eigenvalue weighted by molar-refractivity contribution is -0.144. The summed E-state index contributed by atoms with van der Waals surface area (Å²) in [6.45, 7) is 0.665. The third-order valence-electron chi connectivity index (χ3n) is 2.32. The highest BCUT2D eigenvalue weighted by atomic mass is 19.4. The van der Waals surface area contributed by atoms with E-state index in [1.807, 2.05) is 0 Å². The summed E-state index contributed by atoms with van der Waals surface area (Å²) in [6, 6.07) is 7.20. The van der Waals surface area contributed by atoms with Crippen LogP contribution in [0.25, 0.3) is 5.57 Å². The van der Waals surface area contributed by atoms with Crippen LogP contribution in [0, 0.1) is 0 Å². The molecule has 0 spiro atoms. The van der Waals surface area contributed by atoms with Crippen LogP contribution < -0.4 is 0 Å². The highest BCUT2D eigenvalue weighted by molar-refractivity contribution is 5.94. The number of benzene rings is 1. The van der Waals surface area contributed by atoms with Gasteiger partial charge in [-0.3, -0.25) is 9.59 Å². The second-order valence-corrected chi connectivity index (χ2v) is 4.04. The zero-order chi connectivity index (χ0) is 15.2. The maximum atomic E-state index is 12.9. The molecule has 0 saturated heterocycles. The van der Waals surface area contributed by atoms with E-state index < -0.39 is 36.5 Å². The number of carbonyl (C=O) groups excluding carboxylic acids is 2. The summed E-state index contributed by atoms with van der Waals surface area (Å²) in [6.07, 6.45) is -4.21. The molecule has 0 aliphatic rings. The van der Waals surface area contributed by atoms with Crippen molar-refractivity contribution in [3.63, 3.8) is 0 Å². The number of ketones is 1. The Bertz CT molecular complexity index is 504. The number of rotatable bonds is 5. The van der Waals surface area contributed by atoms with E-state index in [9.17, 15) is 22.8 Å². The van der Waals surface area contributed by atoms with Crippen molar-refractivity contribution in [1.82, 2.24) is 0 Å². The summed E-state index contributed by atoms with van der Waals surface area (Å²) >= 11 is 0. The Morgan fingerprint density at radius 3 is 2.30 bits per heavy atom. The van der Waals surface area contributed by atoms with E-state index >= 15 is 0 Å². The first-order valence-corrected chi connectivity index (χ1v) is 5.78. The lowest BCUT2D eigenvalue weighted by Gasteiger charge is -2.12. The molecule has 0 bridgehead atoms. The molecule has 0 unspecified atom stereocenters. The van der Waals surface area contributed by atoms with Gasteiger partial charge < -0.3 is 4.74 Å². The summed E-state index contributed by atoms with van der Waals surface area (Å²) < 4.78 is 43.2. The normalized spacial score (nSPS) is 12.1. The molecule has 0 heterocycles. The van der Waals surface area contributed by atoms with Crippen LogP contribution in [-0.4, -0.2) is 24.5 Å². The zero-order valence-electron chi connectivity index (χ0n) is 10.7. The minimum Gasteiger partial charge on any atom is -0.461 e. The average Bonchev–Trinajstić information content (AvgIpc) is 2.33. The predicted molar refractivity (Wildman–Crippen MR) is 66.7 cm³/mol. The van der Waals surface area contributed by atoms with E-state index in [0.717, 1.165) is 6.08 Å². The maximum Gasteiger partial charge on any atom is 0.416 e. The number of allylic oxidation sites excluding steroid dienone is 1. The molecule has 3 nitrogen and oxygen atoms in total. The first kappa shape index (κ1) is 15.9. The van der Waals surface area contributed by atoms with Gasteiger partial charge in [-0.1, -0.05) is 30.3 Å². The number of esters is 1. The van der Waals surface area contributed by atoms with Gasteiger partial charge in [-0.25, -0.2) is 0 Å². The predicted octanol–water partition coefficient (Wildman–Crippen LogP) is 3.15. The molecule has 1 rings (SSSR count). The van der Waals surface area contributed by atoms with Crippen LogP contribution in [0.5, 0.6) is 0 Å². The Kier molecular flexibility index (Phi) is 5.49. The topological polar surface area (TPSA) is 43.4 Å². The fourth-order valence-electron chi connectivity index (χ4n) is 1.49. The molecule has 0 fully saturated rings. The maximum absolute atomic E-state index is 12.9. The fraction of sp³-hybridized carbons (Fsp3) is 0.286. The monoisotopic (exact) mass is 286 g/mol.